The third-order valence-corrected chi connectivity index (χ3v) is 2.11. The van der Waals surface area contributed by atoms with Crippen LogP contribution in [-0.2, 0) is 0 Å². The van der Waals surface area contributed by atoms with E-state index in [1.807, 2.05) is 13.8 Å². The summed E-state index contributed by atoms with van der Waals surface area (Å²) in [6.45, 7) is 3.73. The lowest BCUT2D eigenvalue weighted by Gasteiger charge is -2.10. The van der Waals surface area contributed by atoms with Crippen molar-refractivity contribution in [3.63, 3.8) is 0 Å². The minimum atomic E-state index is -4.16. The van der Waals surface area contributed by atoms with Crippen LogP contribution in [0.15, 0.2) is 6.07 Å². The fraction of sp³-hybridized carbons (Fsp3) is 0.636. The zero-order chi connectivity index (χ0) is 13.8. The Labute approximate surface area is 103 Å². The van der Waals surface area contributed by atoms with Crippen molar-refractivity contribution in [3.05, 3.63) is 11.9 Å². The normalized spacial score (nSPS) is 11.9. The van der Waals surface area contributed by atoms with Gasteiger partial charge in [-0.15, -0.1) is 0 Å². The Morgan fingerprint density at radius 1 is 1.33 bits per heavy atom. The monoisotopic (exact) mass is 263 g/mol. The highest BCUT2D eigenvalue weighted by Gasteiger charge is 2.26. The van der Waals surface area contributed by atoms with E-state index in [0.29, 0.717) is 5.82 Å². The molecule has 0 unspecified atom stereocenters. The van der Waals surface area contributed by atoms with Gasteiger partial charge in [-0.05, 0) is 6.42 Å². The summed E-state index contributed by atoms with van der Waals surface area (Å²) < 4.78 is 40.9. The predicted molar refractivity (Wildman–Crippen MR) is 61.3 cm³/mol. The van der Waals surface area contributed by atoms with Gasteiger partial charge in [-0.25, -0.2) is 4.98 Å². The molecule has 1 aromatic rings. The lowest BCUT2D eigenvalue weighted by atomic mass is 10.2. The lowest BCUT2D eigenvalue weighted by Crippen LogP contribution is -2.11. The fourth-order valence-electron chi connectivity index (χ4n) is 1.24. The van der Waals surface area contributed by atoms with Gasteiger partial charge in [-0.1, -0.05) is 13.8 Å². The molecule has 0 saturated carbocycles. The molecule has 0 saturated heterocycles. The smallest absolute Gasteiger partial charge is 0.389 e. The molecule has 0 fully saturated rings. The summed E-state index contributed by atoms with van der Waals surface area (Å²) in [4.78, 5) is 8.08. The number of nitrogen functional groups attached to an aromatic ring is 1. The molecular formula is C11H16F3N3O. The lowest BCUT2D eigenvalue weighted by molar-refractivity contribution is -0.136. The first-order valence-electron chi connectivity index (χ1n) is 5.62. The number of anilines is 1. The van der Waals surface area contributed by atoms with Gasteiger partial charge in [0.1, 0.15) is 11.6 Å². The van der Waals surface area contributed by atoms with E-state index < -0.39 is 12.6 Å². The Morgan fingerprint density at radius 3 is 2.56 bits per heavy atom. The van der Waals surface area contributed by atoms with Crippen LogP contribution in [0.1, 0.15) is 38.4 Å². The molecule has 0 aliphatic rings. The number of rotatable bonds is 5. The largest absolute Gasteiger partial charge is 0.478 e. The third kappa shape index (κ3) is 5.20. The molecule has 0 aliphatic heterocycles. The maximum absolute atomic E-state index is 11.9. The van der Waals surface area contributed by atoms with Crippen molar-refractivity contribution in [2.24, 2.45) is 0 Å². The Morgan fingerprint density at radius 2 is 2.00 bits per heavy atom. The van der Waals surface area contributed by atoms with Crippen LogP contribution in [-0.4, -0.2) is 22.8 Å². The molecule has 0 amide bonds. The summed E-state index contributed by atoms with van der Waals surface area (Å²) in [5, 5.41) is 0. The summed E-state index contributed by atoms with van der Waals surface area (Å²) in [6.07, 6.45) is -5.13. The zero-order valence-corrected chi connectivity index (χ0v) is 10.3. The molecule has 0 bridgehead atoms. The average molecular weight is 263 g/mol. The van der Waals surface area contributed by atoms with Crippen LogP contribution >= 0.6 is 0 Å². The average Bonchev–Trinajstić information content (AvgIpc) is 2.22. The first kappa shape index (κ1) is 14.5. The number of nitrogens with zero attached hydrogens (tertiary/aromatic N) is 2. The van der Waals surface area contributed by atoms with Gasteiger partial charge in [0.05, 0.1) is 6.61 Å². The van der Waals surface area contributed by atoms with Crippen molar-refractivity contribution in [3.8, 4) is 5.88 Å². The summed E-state index contributed by atoms with van der Waals surface area (Å²) in [7, 11) is 0. The number of alkyl halides is 3. The molecule has 1 rings (SSSR count). The SMILES string of the molecule is CC(C)c1nc(N)cc(OCCCC(F)(F)F)n1. The number of aromatic nitrogens is 2. The molecule has 4 nitrogen and oxygen atoms in total. The number of hydrogen-bond acceptors (Lipinski definition) is 4. The molecule has 102 valence electrons. The second-order valence-corrected chi connectivity index (χ2v) is 4.21. The van der Waals surface area contributed by atoms with Crippen LogP contribution in [0.4, 0.5) is 19.0 Å². The summed E-state index contributed by atoms with van der Waals surface area (Å²) in [6, 6.07) is 1.40. The molecule has 0 spiro atoms. The maximum Gasteiger partial charge on any atom is 0.389 e. The van der Waals surface area contributed by atoms with E-state index >= 15 is 0 Å². The van der Waals surface area contributed by atoms with E-state index in [1.165, 1.54) is 6.07 Å². The maximum atomic E-state index is 11.9. The Bertz CT molecular complexity index is 394. The second-order valence-electron chi connectivity index (χ2n) is 4.21. The molecule has 0 atom stereocenters. The summed E-state index contributed by atoms with van der Waals surface area (Å²) in [5.74, 6) is 1.06. The molecule has 0 aromatic carbocycles. The van der Waals surface area contributed by atoms with Gasteiger partial charge < -0.3 is 10.5 Å². The Kier molecular flexibility index (Phi) is 4.75. The van der Waals surface area contributed by atoms with Crippen LogP contribution in [0.25, 0.3) is 0 Å². The van der Waals surface area contributed by atoms with E-state index in [4.69, 9.17) is 10.5 Å². The second kappa shape index (κ2) is 5.88. The van der Waals surface area contributed by atoms with E-state index in [-0.39, 0.29) is 30.6 Å². The number of halogens is 3. The van der Waals surface area contributed by atoms with Crippen LogP contribution in [0.3, 0.4) is 0 Å². The van der Waals surface area contributed by atoms with Crippen molar-refractivity contribution in [1.29, 1.82) is 0 Å². The van der Waals surface area contributed by atoms with Crippen molar-refractivity contribution >= 4 is 5.82 Å². The van der Waals surface area contributed by atoms with Crippen molar-refractivity contribution < 1.29 is 17.9 Å². The minimum Gasteiger partial charge on any atom is -0.478 e. The fourth-order valence-corrected chi connectivity index (χ4v) is 1.24. The van der Waals surface area contributed by atoms with E-state index in [1.54, 1.807) is 0 Å². The molecule has 1 heterocycles. The van der Waals surface area contributed by atoms with E-state index in [9.17, 15) is 13.2 Å². The highest BCUT2D eigenvalue weighted by molar-refractivity contribution is 5.33. The molecule has 1 aromatic heterocycles. The molecule has 2 N–H and O–H groups in total. The Hall–Kier alpha value is -1.53. The molecule has 0 aliphatic carbocycles. The zero-order valence-electron chi connectivity index (χ0n) is 10.3. The van der Waals surface area contributed by atoms with Gasteiger partial charge in [0.25, 0.3) is 0 Å². The van der Waals surface area contributed by atoms with Crippen molar-refractivity contribution in [1.82, 2.24) is 9.97 Å². The van der Waals surface area contributed by atoms with Crippen LogP contribution < -0.4 is 10.5 Å². The molecule has 18 heavy (non-hydrogen) atoms. The molecular weight excluding hydrogens is 247 g/mol. The van der Waals surface area contributed by atoms with Gasteiger partial charge >= 0.3 is 6.18 Å². The van der Waals surface area contributed by atoms with Gasteiger partial charge in [-0.2, -0.15) is 18.2 Å². The Balaban J connectivity index is 2.52. The first-order chi connectivity index (χ1) is 8.28. The van der Waals surface area contributed by atoms with Gasteiger partial charge in [-0.3, -0.25) is 0 Å². The summed E-state index contributed by atoms with van der Waals surface area (Å²) >= 11 is 0. The molecule has 0 radical (unpaired) electrons. The van der Waals surface area contributed by atoms with Crippen LogP contribution in [0.2, 0.25) is 0 Å². The van der Waals surface area contributed by atoms with Crippen LogP contribution in [0.5, 0.6) is 5.88 Å². The summed E-state index contributed by atoms with van der Waals surface area (Å²) in [5.41, 5.74) is 5.56. The standard InChI is InChI=1S/C11H16F3N3O/c1-7(2)10-16-8(15)6-9(17-10)18-5-3-4-11(12,13)14/h6-7H,3-5H2,1-2H3,(H2,15,16,17). The third-order valence-electron chi connectivity index (χ3n) is 2.11. The quantitative estimate of drug-likeness (QED) is 0.830. The van der Waals surface area contributed by atoms with Crippen molar-refractivity contribution in [2.45, 2.75) is 38.8 Å². The van der Waals surface area contributed by atoms with Gasteiger partial charge in [0.15, 0.2) is 0 Å². The van der Waals surface area contributed by atoms with Crippen molar-refractivity contribution in [2.75, 3.05) is 12.3 Å². The molecule has 7 heteroatoms. The highest BCUT2D eigenvalue weighted by Crippen LogP contribution is 2.22. The predicted octanol–water partition coefficient (Wildman–Crippen LogP) is 2.90. The first-order valence-corrected chi connectivity index (χ1v) is 5.62. The minimum absolute atomic E-state index is 0.0481. The number of ether oxygens (including phenoxy) is 1. The topological polar surface area (TPSA) is 61.0 Å². The van der Waals surface area contributed by atoms with Crippen LogP contribution in [0, 0.1) is 0 Å². The number of nitrogens with two attached hydrogens (primary N) is 1. The van der Waals surface area contributed by atoms with Gasteiger partial charge in [0, 0.05) is 18.4 Å². The number of hydrogen-bond donors (Lipinski definition) is 1. The highest BCUT2D eigenvalue weighted by atomic mass is 19.4. The van der Waals surface area contributed by atoms with Gasteiger partial charge in [0.2, 0.25) is 5.88 Å². The van der Waals surface area contributed by atoms with E-state index in [2.05, 4.69) is 9.97 Å². The van der Waals surface area contributed by atoms with E-state index in [0.717, 1.165) is 0 Å².